The van der Waals surface area contributed by atoms with Gasteiger partial charge in [0.25, 0.3) is 0 Å². The molecule has 30 heavy (non-hydrogen) atoms. The molecule has 1 fully saturated rings. The molecule has 0 amide bonds. The van der Waals surface area contributed by atoms with Crippen LogP contribution in [0.3, 0.4) is 0 Å². The number of imidazole rings is 1. The largest absolute Gasteiger partial charge is 0.387 e. The second-order valence-corrected chi connectivity index (χ2v) is 7.71. The van der Waals surface area contributed by atoms with E-state index in [0.29, 0.717) is 16.9 Å². The fraction of sp³-hybridized carbons (Fsp3) is 0.278. The SMILES string of the molecule is NS(=O)(=O)OCC1O[C@@H](n2cnc3c(C#Cc4ccccc4)ncnc32)[C@H](O)[C@@H]1O. The molecule has 1 aliphatic heterocycles. The second kappa shape index (κ2) is 8.07. The third-order valence-corrected chi connectivity index (χ3v) is 4.93. The van der Waals surface area contributed by atoms with Crippen LogP contribution in [0.2, 0.25) is 0 Å². The summed E-state index contributed by atoms with van der Waals surface area (Å²) in [6, 6.07) is 9.34. The Kier molecular flexibility index (Phi) is 5.48. The van der Waals surface area contributed by atoms with Crippen molar-refractivity contribution in [2.75, 3.05) is 6.61 Å². The summed E-state index contributed by atoms with van der Waals surface area (Å²) in [5.74, 6) is 5.93. The molecule has 1 aromatic carbocycles. The zero-order valence-corrected chi connectivity index (χ0v) is 16.2. The Bertz CT molecular complexity index is 1220. The van der Waals surface area contributed by atoms with Crippen molar-refractivity contribution in [3.05, 3.63) is 54.2 Å². The van der Waals surface area contributed by atoms with Crippen LogP contribution in [-0.2, 0) is 19.2 Å². The number of fused-ring (bicyclic) bond motifs is 1. The molecule has 0 radical (unpaired) electrons. The standard InChI is InChI=1S/C18H17N5O6S/c19-30(26,27)28-8-13-15(24)16(25)18(29-13)23-10-22-14-12(20-9-21-17(14)23)7-6-11-4-2-1-3-5-11/h1-5,9-10,13,15-16,18,24-25H,8H2,(H2,19,26,27)/t13?,15-,16-,18-/m1/s1. The highest BCUT2D eigenvalue weighted by Crippen LogP contribution is 2.31. The summed E-state index contributed by atoms with van der Waals surface area (Å²) in [6.07, 6.45) is -2.33. The summed E-state index contributed by atoms with van der Waals surface area (Å²) >= 11 is 0. The minimum Gasteiger partial charge on any atom is -0.387 e. The first kappa shape index (κ1) is 20.4. The molecule has 0 bridgehead atoms. The molecule has 3 heterocycles. The maximum Gasteiger partial charge on any atom is 0.333 e. The van der Waals surface area contributed by atoms with Gasteiger partial charge in [0, 0.05) is 5.56 Å². The maximum absolute atomic E-state index is 11.0. The van der Waals surface area contributed by atoms with Gasteiger partial charge in [0.2, 0.25) is 0 Å². The molecule has 11 nitrogen and oxygen atoms in total. The molecule has 0 aliphatic carbocycles. The molecule has 0 spiro atoms. The lowest BCUT2D eigenvalue weighted by Crippen LogP contribution is -2.35. The Balaban J connectivity index is 1.62. The van der Waals surface area contributed by atoms with Gasteiger partial charge in [-0.05, 0) is 18.1 Å². The van der Waals surface area contributed by atoms with Gasteiger partial charge in [-0.15, -0.1) is 0 Å². The van der Waals surface area contributed by atoms with Crippen molar-refractivity contribution >= 4 is 21.5 Å². The van der Waals surface area contributed by atoms with Gasteiger partial charge >= 0.3 is 10.3 Å². The lowest BCUT2D eigenvalue weighted by atomic mass is 10.1. The molecular formula is C18H17N5O6S. The molecule has 1 saturated heterocycles. The number of benzene rings is 1. The van der Waals surface area contributed by atoms with E-state index in [4.69, 9.17) is 9.88 Å². The van der Waals surface area contributed by atoms with Gasteiger partial charge in [0.15, 0.2) is 11.9 Å². The highest BCUT2D eigenvalue weighted by atomic mass is 32.2. The van der Waals surface area contributed by atoms with Crippen LogP contribution in [0.5, 0.6) is 0 Å². The van der Waals surface area contributed by atoms with E-state index >= 15 is 0 Å². The molecule has 1 aliphatic rings. The number of nitrogens with zero attached hydrogens (tertiary/aromatic N) is 4. The van der Waals surface area contributed by atoms with Crippen LogP contribution in [0.25, 0.3) is 11.2 Å². The molecule has 4 atom stereocenters. The molecule has 0 saturated carbocycles. The third-order valence-electron chi connectivity index (χ3n) is 4.47. The van der Waals surface area contributed by atoms with Crippen molar-refractivity contribution in [1.82, 2.24) is 19.5 Å². The van der Waals surface area contributed by atoms with Gasteiger partial charge in [-0.2, -0.15) is 8.42 Å². The molecule has 2 aromatic heterocycles. The third kappa shape index (κ3) is 4.17. The van der Waals surface area contributed by atoms with Gasteiger partial charge in [-0.25, -0.2) is 20.1 Å². The van der Waals surface area contributed by atoms with Crippen molar-refractivity contribution in [1.29, 1.82) is 0 Å². The molecule has 4 N–H and O–H groups in total. The van der Waals surface area contributed by atoms with E-state index in [1.54, 1.807) is 0 Å². The van der Waals surface area contributed by atoms with Gasteiger partial charge in [0.1, 0.15) is 35.8 Å². The van der Waals surface area contributed by atoms with Gasteiger partial charge in [0.05, 0.1) is 12.9 Å². The average Bonchev–Trinajstić information content (AvgIpc) is 3.27. The maximum atomic E-state index is 11.0. The number of ether oxygens (including phenoxy) is 1. The number of hydrogen-bond donors (Lipinski definition) is 3. The zero-order chi connectivity index (χ0) is 21.3. The molecular weight excluding hydrogens is 414 g/mol. The lowest BCUT2D eigenvalue weighted by Gasteiger charge is -2.16. The fourth-order valence-electron chi connectivity index (χ4n) is 3.04. The molecule has 4 rings (SSSR count). The smallest absolute Gasteiger partial charge is 0.333 e. The Labute approximate surface area is 171 Å². The lowest BCUT2D eigenvalue weighted by molar-refractivity contribution is -0.0467. The van der Waals surface area contributed by atoms with Crippen LogP contribution in [0.15, 0.2) is 43.0 Å². The van der Waals surface area contributed by atoms with Crippen LogP contribution >= 0.6 is 0 Å². The average molecular weight is 431 g/mol. The van der Waals surface area contributed by atoms with Crippen LogP contribution in [-0.4, -0.2) is 63.1 Å². The Morgan fingerprint density at radius 3 is 2.63 bits per heavy atom. The zero-order valence-electron chi connectivity index (χ0n) is 15.4. The normalized spacial score (nSPS) is 24.0. The first-order chi connectivity index (χ1) is 14.3. The van der Waals surface area contributed by atoms with Crippen molar-refractivity contribution in [2.24, 2.45) is 5.14 Å². The van der Waals surface area contributed by atoms with Crippen LogP contribution < -0.4 is 5.14 Å². The van der Waals surface area contributed by atoms with Crippen molar-refractivity contribution in [3.63, 3.8) is 0 Å². The number of nitrogens with two attached hydrogens (primary N) is 1. The van der Waals surface area contributed by atoms with E-state index in [9.17, 15) is 18.6 Å². The summed E-state index contributed by atoms with van der Waals surface area (Å²) < 4.78 is 33.4. The quantitative estimate of drug-likeness (QED) is 0.443. The number of hydrogen-bond acceptors (Lipinski definition) is 9. The van der Waals surface area contributed by atoms with E-state index < -0.39 is 41.5 Å². The van der Waals surface area contributed by atoms with E-state index in [1.807, 2.05) is 30.3 Å². The topological polar surface area (TPSA) is 163 Å². The Morgan fingerprint density at radius 2 is 1.90 bits per heavy atom. The van der Waals surface area contributed by atoms with Crippen LogP contribution in [0.1, 0.15) is 17.5 Å². The Hall–Kier alpha value is -2.92. The molecule has 12 heteroatoms. The van der Waals surface area contributed by atoms with Gasteiger partial charge in [-0.1, -0.05) is 24.1 Å². The number of aliphatic hydroxyl groups excluding tert-OH is 2. The summed E-state index contributed by atoms with van der Waals surface area (Å²) in [5.41, 5.74) is 1.89. The predicted molar refractivity (Wildman–Crippen MR) is 103 cm³/mol. The predicted octanol–water partition coefficient (Wildman–Crippen LogP) is -0.935. The summed E-state index contributed by atoms with van der Waals surface area (Å²) in [6.45, 7) is -0.553. The Morgan fingerprint density at radius 1 is 1.13 bits per heavy atom. The minimum atomic E-state index is -4.22. The van der Waals surface area contributed by atoms with E-state index in [2.05, 4.69) is 31.0 Å². The van der Waals surface area contributed by atoms with Crippen molar-refractivity contribution < 1.29 is 27.6 Å². The van der Waals surface area contributed by atoms with E-state index in [1.165, 1.54) is 17.2 Å². The van der Waals surface area contributed by atoms with Crippen LogP contribution in [0.4, 0.5) is 0 Å². The van der Waals surface area contributed by atoms with E-state index in [-0.39, 0.29) is 0 Å². The monoisotopic (exact) mass is 431 g/mol. The summed E-state index contributed by atoms with van der Waals surface area (Å²) in [5, 5.41) is 25.3. The van der Waals surface area contributed by atoms with Crippen molar-refractivity contribution in [2.45, 2.75) is 24.5 Å². The fourth-order valence-corrected chi connectivity index (χ4v) is 3.36. The molecule has 3 aromatic rings. The number of rotatable bonds is 4. The first-order valence-electron chi connectivity index (χ1n) is 8.77. The van der Waals surface area contributed by atoms with Gasteiger partial charge < -0.3 is 14.9 Å². The van der Waals surface area contributed by atoms with E-state index in [0.717, 1.165) is 5.56 Å². The highest BCUT2D eigenvalue weighted by molar-refractivity contribution is 7.84. The minimum absolute atomic E-state index is 0.326. The summed E-state index contributed by atoms with van der Waals surface area (Å²) in [7, 11) is -4.22. The first-order valence-corrected chi connectivity index (χ1v) is 10.2. The summed E-state index contributed by atoms with van der Waals surface area (Å²) in [4.78, 5) is 12.6. The molecule has 156 valence electrons. The highest BCUT2D eigenvalue weighted by Gasteiger charge is 2.44. The van der Waals surface area contributed by atoms with Gasteiger partial charge in [-0.3, -0.25) is 8.75 Å². The van der Waals surface area contributed by atoms with Crippen molar-refractivity contribution in [3.8, 4) is 11.8 Å². The van der Waals surface area contributed by atoms with Crippen LogP contribution in [0, 0.1) is 11.8 Å². The number of aromatic nitrogens is 4. The molecule has 1 unspecified atom stereocenters. The second-order valence-electron chi connectivity index (χ2n) is 6.49. The number of aliphatic hydroxyl groups is 2.